The lowest BCUT2D eigenvalue weighted by molar-refractivity contribution is -0.111. The summed E-state index contributed by atoms with van der Waals surface area (Å²) in [5, 5.41) is 0. The van der Waals surface area contributed by atoms with Gasteiger partial charge in [0, 0.05) is 11.1 Å². The minimum atomic E-state index is -2.98. The zero-order valence-electron chi connectivity index (χ0n) is 18.7. The Morgan fingerprint density at radius 1 is 0.735 bits per heavy atom. The van der Waals surface area contributed by atoms with E-state index in [1.165, 1.54) is 12.1 Å². The van der Waals surface area contributed by atoms with Crippen LogP contribution in [0.1, 0.15) is 37.8 Å². The van der Waals surface area contributed by atoms with Crippen molar-refractivity contribution < 1.29 is 41.3 Å². The summed E-state index contributed by atoms with van der Waals surface area (Å²) in [6, 6.07) is 8.96. The number of alkyl halides is 4. The number of ketones is 1. The highest BCUT2D eigenvalue weighted by atomic mass is 19.3. The van der Waals surface area contributed by atoms with Crippen LogP contribution < -0.4 is 18.9 Å². The third kappa shape index (κ3) is 6.52. The van der Waals surface area contributed by atoms with Gasteiger partial charge in [-0.3, -0.25) is 4.79 Å². The van der Waals surface area contributed by atoms with Crippen LogP contribution in [-0.4, -0.2) is 32.2 Å². The fourth-order valence-corrected chi connectivity index (χ4v) is 3.53. The van der Waals surface area contributed by atoms with E-state index >= 15 is 0 Å². The van der Waals surface area contributed by atoms with E-state index in [0.717, 1.165) is 0 Å². The van der Waals surface area contributed by atoms with E-state index in [1.807, 2.05) is 0 Å². The molecule has 1 fully saturated rings. The predicted octanol–water partition coefficient (Wildman–Crippen LogP) is 6.52. The minimum Gasteiger partial charge on any atom is -0.490 e. The Hall–Kier alpha value is -3.49. The van der Waals surface area contributed by atoms with Gasteiger partial charge in [-0.25, -0.2) is 0 Å². The Morgan fingerprint density at radius 2 is 1.15 bits per heavy atom. The molecule has 1 saturated carbocycles. The highest BCUT2D eigenvalue weighted by Gasteiger charge is 2.23. The first kappa shape index (κ1) is 25.1. The Kier molecular flexibility index (Phi) is 8.56. The standard InChI is InChI=1S/C25H24F4O5/c1-3-31-21-13-15(5-9-19(21)33-24(26)27)11-17-7-8-18(23(17)30)12-16-6-10-20(34-25(28)29)22(14-16)32-4-2/h5-6,9-14,24-25H,3-4,7-8H2,1-2H3. The highest BCUT2D eigenvalue weighted by molar-refractivity contribution is 6.15. The summed E-state index contributed by atoms with van der Waals surface area (Å²) >= 11 is 0. The molecule has 0 spiro atoms. The van der Waals surface area contributed by atoms with Gasteiger partial charge in [-0.2, -0.15) is 17.6 Å². The van der Waals surface area contributed by atoms with Gasteiger partial charge in [-0.05, 0) is 74.2 Å². The molecule has 34 heavy (non-hydrogen) atoms. The summed E-state index contributed by atoms with van der Waals surface area (Å²) in [6.45, 7) is -2.00. The van der Waals surface area contributed by atoms with Crippen molar-refractivity contribution in [1.82, 2.24) is 0 Å². The van der Waals surface area contributed by atoms with Gasteiger partial charge >= 0.3 is 13.2 Å². The van der Waals surface area contributed by atoms with E-state index < -0.39 is 13.2 Å². The van der Waals surface area contributed by atoms with Gasteiger partial charge in [-0.1, -0.05) is 12.1 Å². The minimum absolute atomic E-state index is 0.0818. The van der Waals surface area contributed by atoms with Crippen LogP contribution in [0.2, 0.25) is 0 Å². The molecule has 0 aliphatic heterocycles. The number of allylic oxidation sites excluding steroid dienone is 2. The molecule has 5 nitrogen and oxygen atoms in total. The normalized spacial score (nSPS) is 16.1. The number of hydrogen-bond acceptors (Lipinski definition) is 5. The molecule has 0 N–H and O–H groups in total. The molecule has 182 valence electrons. The number of rotatable bonds is 10. The maximum absolute atomic E-state index is 12.9. The molecular formula is C25H24F4O5. The zero-order chi connectivity index (χ0) is 24.7. The number of Topliss-reactive ketones (excluding diaryl/α,β-unsaturated/α-hetero) is 1. The second-order valence-corrected chi connectivity index (χ2v) is 7.20. The lowest BCUT2D eigenvalue weighted by atomic mass is 10.1. The number of benzene rings is 2. The number of hydrogen-bond donors (Lipinski definition) is 0. The highest BCUT2D eigenvalue weighted by Crippen LogP contribution is 2.35. The van der Waals surface area contributed by atoms with E-state index in [2.05, 4.69) is 9.47 Å². The van der Waals surface area contributed by atoms with Gasteiger partial charge in [0.05, 0.1) is 13.2 Å². The van der Waals surface area contributed by atoms with Crippen molar-refractivity contribution in [2.45, 2.75) is 39.9 Å². The first-order chi connectivity index (χ1) is 16.3. The van der Waals surface area contributed by atoms with Crippen LogP contribution in [0.5, 0.6) is 23.0 Å². The molecule has 2 aromatic rings. The monoisotopic (exact) mass is 480 g/mol. The van der Waals surface area contributed by atoms with Crippen LogP contribution in [0, 0.1) is 0 Å². The molecule has 1 aliphatic carbocycles. The molecule has 0 amide bonds. The van der Waals surface area contributed by atoms with E-state index in [0.29, 0.717) is 35.1 Å². The first-order valence-corrected chi connectivity index (χ1v) is 10.7. The molecule has 0 radical (unpaired) electrons. The van der Waals surface area contributed by atoms with Gasteiger partial charge in [0.2, 0.25) is 0 Å². The predicted molar refractivity (Wildman–Crippen MR) is 119 cm³/mol. The van der Waals surface area contributed by atoms with Gasteiger partial charge in [0.1, 0.15) is 0 Å². The van der Waals surface area contributed by atoms with Gasteiger partial charge in [0.15, 0.2) is 28.8 Å². The van der Waals surface area contributed by atoms with Crippen LogP contribution in [0.4, 0.5) is 17.6 Å². The van der Waals surface area contributed by atoms with Crippen molar-refractivity contribution in [3.63, 3.8) is 0 Å². The van der Waals surface area contributed by atoms with E-state index in [-0.39, 0.29) is 42.0 Å². The second-order valence-electron chi connectivity index (χ2n) is 7.20. The van der Waals surface area contributed by atoms with Crippen LogP contribution >= 0.6 is 0 Å². The summed E-state index contributed by atoms with van der Waals surface area (Å²) in [6.07, 6.45) is 4.36. The quantitative estimate of drug-likeness (QED) is 0.286. The third-order valence-electron chi connectivity index (χ3n) is 4.90. The molecule has 0 bridgehead atoms. The van der Waals surface area contributed by atoms with Crippen LogP contribution in [-0.2, 0) is 4.79 Å². The summed E-state index contributed by atoms with van der Waals surface area (Å²) < 4.78 is 70.1. The maximum Gasteiger partial charge on any atom is 0.387 e. The average Bonchev–Trinajstić information content (AvgIpc) is 3.11. The van der Waals surface area contributed by atoms with Crippen molar-refractivity contribution in [3.05, 3.63) is 58.7 Å². The maximum atomic E-state index is 12.9. The van der Waals surface area contributed by atoms with Gasteiger partial charge < -0.3 is 18.9 Å². The molecule has 3 rings (SSSR count). The molecular weight excluding hydrogens is 456 g/mol. The fraction of sp³-hybridized carbons (Fsp3) is 0.320. The molecule has 9 heteroatoms. The zero-order valence-corrected chi connectivity index (χ0v) is 18.7. The molecule has 2 aromatic carbocycles. The summed E-state index contributed by atoms with van der Waals surface area (Å²) in [4.78, 5) is 12.9. The fourth-order valence-electron chi connectivity index (χ4n) is 3.53. The molecule has 0 aromatic heterocycles. The topological polar surface area (TPSA) is 54.0 Å². The number of carbonyl (C=O) groups is 1. The Balaban J connectivity index is 1.83. The second kappa shape index (κ2) is 11.6. The van der Waals surface area contributed by atoms with E-state index in [9.17, 15) is 22.4 Å². The molecule has 0 unspecified atom stereocenters. The first-order valence-electron chi connectivity index (χ1n) is 10.7. The molecule has 0 heterocycles. The van der Waals surface area contributed by atoms with Crippen LogP contribution in [0.3, 0.4) is 0 Å². The lowest BCUT2D eigenvalue weighted by Crippen LogP contribution is -2.05. The number of carbonyl (C=O) groups excluding carboxylic acids is 1. The summed E-state index contributed by atoms with van der Waals surface area (Å²) in [7, 11) is 0. The van der Waals surface area contributed by atoms with Crippen molar-refractivity contribution >= 4 is 17.9 Å². The SMILES string of the molecule is CCOc1cc(C=C2CCC(=Cc3ccc(OC(F)F)c(OCC)c3)C2=O)ccc1OC(F)F. The van der Waals surface area contributed by atoms with E-state index in [4.69, 9.17) is 9.47 Å². The molecule has 0 saturated heterocycles. The van der Waals surface area contributed by atoms with Crippen LogP contribution in [0.25, 0.3) is 12.2 Å². The lowest BCUT2D eigenvalue weighted by Gasteiger charge is -2.12. The third-order valence-corrected chi connectivity index (χ3v) is 4.90. The van der Waals surface area contributed by atoms with Crippen molar-refractivity contribution in [2.24, 2.45) is 0 Å². The number of halogens is 4. The van der Waals surface area contributed by atoms with Crippen molar-refractivity contribution in [2.75, 3.05) is 13.2 Å². The summed E-state index contributed by atoms with van der Waals surface area (Å²) in [5.74, 6) is 0.000911. The Morgan fingerprint density at radius 3 is 1.50 bits per heavy atom. The molecule has 0 atom stereocenters. The van der Waals surface area contributed by atoms with Gasteiger partial charge in [0.25, 0.3) is 0 Å². The van der Waals surface area contributed by atoms with Gasteiger partial charge in [-0.15, -0.1) is 0 Å². The van der Waals surface area contributed by atoms with E-state index in [1.54, 1.807) is 50.3 Å². The van der Waals surface area contributed by atoms with Crippen molar-refractivity contribution in [1.29, 1.82) is 0 Å². The summed E-state index contributed by atoms with van der Waals surface area (Å²) in [5.41, 5.74) is 2.33. The smallest absolute Gasteiger partial charge is 0.387 e. The Bertz CT molecular complexity index is 995. The Labute approximate surface area is 194 Å². The largest absolute Gasteiger partial charge is 0.490 e. The molecule has 1 aliphatic rings. The van der Waals surface area contributed by atoms with Crippen molar-refractivity contribution in [3.8, 4) is 23.0 Å². The average molecular weight is 480 g/mol. The van der Waals surface area contributed by atoms with Crippen LogP contribution in [0.15, 0.2) is 47.5 Å². The number of ether oxygens (including phenoxy) is 4.